The Hall–Kier alpha value is -3.40. The first-order valence-corrected chi connectivity index (χ1v) is 13.8. The Bertz CT molecular complexity index is 1310. The summed E-state index contributed by atoms with van der Waals surface area (Å²) in [6.45, 7) is 7.87. The fourth-order valence-electron chi connectivity index (χ4n) is 5.16. The number of ether oxygens (including phenoxy) is 1. The maximum Gasteiger partial charge on any atom is 0.253 e. The molecule has 3 aromatic rings. The van der Waals surface area contributed by atoms with Crippen LogP contribution in [0.4, 0.5) is 5.95 Å². The molecule has 1 aromatic heterocycles. The smallest absolute Gasteiger partial charge is 0.253 e. The number of nitrogens with one attached hydrogen (secondary N) is 1. The largest absolute Gasteiger partial charge is 0.497 e. The summed E-state index contributed by atoms with van der Waals surface area (Å²) >= 11 is 6.01. The fraction of sp³-hybridized carbons (Fsp3) is 0.414. The number of aromatic nitrogens is 2. The zero-order chi connectivity index (χ0) is 27.2. The molecule has 3 heterocycles. The van der Waals surface area contributed by atoms with Gasteiger partial charge in [-0.15, -0.1) is 0 Å². The van der Waals surface area contributed by atoms with Crippen molar-refractivity contribution in [2.45, 2.75) is 19.5 Å². The second-order valence-corrected chi connectivity index (χ2v) is 10.5. The third-order valence-corrected chi connectivity index (χ3v) is 7.62. The molecule has 0 unspecified atom stereocenters. The summed E-state index contributed by atoms with van der Waals surface area (Å²) in [7, 11) is 1.61. The number of nitrogens with zero attached hydrogens (tertiary/aromatic N) is 5. The van der Waals surface area contributed by atoms with Gasteiger partial charge in [-0.25, -0.2) is 4.98 Å². The monoisotopic (exact) mass is 550 g/mol. The van der Waals surface area contributed by atoms with Crippen LogP contribution in [-0.2, 0) is 13.1 Å². The third-order valence-electron chi connectivity index (χ3n) is 7.37. The van der Waals surface area contributed by atoms with Crippen LogP contribution < -0.4 is 15.2 Å². The van der Waals surface area contributed by atoms with Crippen molar-refractivity contribution in [2.75, 3.05) is 64.4 Å². The van der Waals surface area contributed by atoms with Crippen molar-refractivity contribution < 1.29 is 9.53 Å². The molecule has 2 aromatic carbocycles. The van der Waals surface area contributed by atoms with Gasteiger partial charge >= 0.3 is 0 Å². The maximum absolute atomic E-state index is 13.0. The number of rotatable bonds is 7. The van der Waals surface area contributed by atoms with Crippen molar-refractivity contribution in [3.8, 4) is 5.75 Å². The number of methoxy groups -OCH3 is 1. The quantitative estimate of drug-likeness (QED) is 0.484. The predicted octanol–water partition coefficient (Wildman–Crippen LogP) is 3.10. The van der Waals surface area contributed by atoms with Crippen LogP contribution in [0.1, 0.15) is 28.0 Å². The predicted molar refractivity (Wildman–Crippen MR) is 153 cm³/mol. The lowest BCUT2D eigenvalue weighted by molar-refractivity contribution is 0.0767. The van der Waals surface area contributed by atoms with Gasteiger partial charge in [0.1, 0.15) is 5.75 Å². The van der Waals surface area contributed by atoms with Crippen molar-refractivity contribution in [1.82, 2.24) is 24.7 Å². The van der Waals surface area contributed by atoms with E-state index in [-0.39, 0.29) is 11.5 Å². The Kier molecular flexibility index (Phi) is 8.81. The molecule has 0 atom stereocenters. The highest BCUT2D eigenvalue weighted by molar-refractivity contribution is 6.30. The number of H-pyrrole nitrogens is 1. The van der Waals surface area contributed by atoms with Crippen LogP contribution in [0.25, 0.3) is 0 Å². The lowest BCUT2D eigenvalue weighted by Crippen LogP contribution is -2.45. The number of anilines is 1. The third kappa shape index (κ3) is 7.17. The summed E-state index contributed by atoms with van der Waals surface area (Å²) in [6.07, 6.45) is 0.797. The highest BCUT2D eigenvalue weighted by Crippen LogP contribution is 2.17. The van der Waals surface area contributed by atoms with E-state index in [1.54, 1.807) is 37.4 Å². The number of carbonyl (C=O) groups excluding carboxylic acids is 1. The second-order valence-electron chi connectivity index (χ2n) is 10.1. The Balaban J connectivity index is 1.16. The molecular weight excluding hydrogens is 516 g/mol. The van der Waals surface area contributed by atoms with E-state index in [1.807, 2.05) is 17.0 Å². The average molecular weight is 551 g/mol. The number of carbonyl (C=O) groups is 1. The van der Waals surface area contributed by atoms with E-state index in [0.29, 0.717) is 37.7 Å². The molecule has 5 rings (SSSR count). The zero-order valence-corrected chi connectivity index (χ0v) is 23.1. The van der Waals surface area contributed by atoms with Crippen molar-refractivity contribution in [3.05, 3.63) is 86.8 Å². The molecule has 0 aliphatic carbocycles. The van der Waals surface area contributed by atoms with Gasteiger partial charge in [0.05, 0.1) is 12.8 Å². The second kappa shape index (κ2) is 12.6. The molecule has 206 valence electrons. The Morgan fingerprint density at radius 1 is 0.897 bits per heavy atom. The molecule has 0 bridgehead atoms. The number of piperazine rings is 1. The summed E-state index contributed by atoms with van der Waals surface area (Å²) in [5, 5.41) is 0.757. The minimum Gasteiger partial charge on any atom is -0.497 e. The van der Waals surface area contributed by atoms with E-state index in [9.17, 15) is 9.59 Å². The minimum absolute atomic E-state index is 0.00455. The number of halogens is 1. The summed E-state index contributed by atoms with van der Waals surface area (Å²) in [4.78, 5) is 42.0. The van der Waals surface area contributed by atoms with Gasteiger partial charge in [0.15, 0.2) is 0 Å². The number of amides is 1. The van der Waals surface area contributed by atoms with Crippen molar-refractivity contribution in [2.24, 2.45) is 0 Å². The molecule has 9 nitrogen and oxygen atoms in total. The maximum atomic E-state index is 13.0. The molecule has 0 radical (unpaired) electrons. The summed E-state index contributed by atoms with van der Waals surface area (Å²) in [5.74, 6) is 1.31. The Morgan fingerprint density at radius 3 is 2.28 bits per heavy atom. The van der Waals surface area contributed by atoms with Crippen LogP contribution in [0.2, 0.25) is 5.02 Å². The van der Waals surface area contributed by atoms with Gasteiger partial charge in [-0.1, -0.05) is 23.7 Å². The summed E-state index contributed by atoms with van der Waals surface area (Å²) in [6, 6.07) is 16.8. The molecule has 39 heavy (non-hydrogen) atoms. The SMILES string of the molecule is COc1ccc(C(=O)N2CCCN(c3nc(CN4CCN(Cc5ccc(Cl)cc5)CC4)cc(=O)[nH]3)CC2)cc1. The average Bonchev–Trinajstić information content (AvgIpc) is 3.21. The van der Waals surface area contributed by atoms with Crippen molar-refractivity contribution >= 4 is 23.5 Å². The molecular formula is C29H35ClN6O3. The number of aromatic amines is 1. The first-order chi connectivity index (χ1) is 19.0. The summed E-state index contributed by atoms with van der Waals surface area (Å²) < 4.78 is 5.20. The van der Waals surface area contributed by atoms with Gasteiger partial charge in [0, 0.05) is 82.1 Å². The van der Waals surface area contributed by atoms with Crippen LogP contribution in [0.5, 0.6) is 5.75 Å². The first kappa shape index (κ1) is 27.2. The Labute approximate surface area is 233 Å². The van der Waals surface area contributed by atoms with E-state index in [0.717, 1.165) is 62.2 Å². The molecule has 1 N–H and O–H groups in total. The molecule has 0 saturated carbocycles. The molecule has 0 spiro atoms. The van der Waals surface area contributed by atoms with Gasteiger partial charge in [-0.3, -0.25) is 24.4 Å². The van der Waals surface area contributed by atoms with Crippen LogP contribution in [-0.4, -0.2) is 90.0 Å². The van der Waals surface area contributed by atoms with Crippen LogP contribution in [0.3, 0.4) is 0 Å². The van der Waals surface area contributed by atoms with Crippen LogP contribution in [0, 0.1) is 0 Å². The van der Waals surface area contributed by atoms with Gasteiger partial charge in [-0.2, -0.15) is 0 Å². The topological polar surface area (TPSA) is 85.0 Å². The molecule has 2 saturated heterocycles. The van der Waals surface area contributed by atoms with Crippen molar-refractivity contribution in [1.29, 1.82) is 0 Å². The number of hydrogen-bond donors (Lipinski definition) is 1. The van der Waals surface area contributed by atoms with E-state index in [4.69, 9.17) is 21.3 Å². The molecule has 2 fully saturated rings. The van der Waals surface area contributed by atoms with E-state index in [1.165, 1.54) is 5.56 Å². The van der Waals surface area contributed by atoms with Gasteiger partial charge in [0.2, 0.25) is 5.95 Å². The zero-order valence-electron chi connectivity index (χ0n) is 22.3. The number of hydrogen-bond acceptors (Lipinski definition) is 7. The van der Waals surface area contributed by atoms with Crippen molar-refractivity contribution in [3.63, 3.8) is 0 Å². The minimum atomic E-state index is -0.146. The van der Waals surface area contributed by atoms with Gasteiger partial charge in [0.25, 0.3) is 11.5 Å². The van der Waals surface area contributed by atoms with Gasteiger partial charge in [-0.05, 0) is 48.4 Å². The van der Waals surface area contributed by atoms with Gasteiger partial charge < -0.3 is 14.5 Å². The number of benzene rings is 2. The van der Waals surface area contributed by atoms with Crippen LogP contribution >= 0.6 is 11.6 Å². The molecule has 1 amide bonds. The molecule has 10 heteroatoms. The first-order valence-electron chi connectivity index (χ1n) is 13.4. The van der Waals surface area contributed by atoms with E-state index < -0.39 is 0 Å². The van der Waals surface area contributed by atoms with Crippen LogP contribution in [0.15, 0.2) is 59.4 Å². The normalized spacial score (nSPS) is 17.2. The highest BCUT2D eigenvalue weighted by Gasteiger charge is 2.23. The standard InChI is InChI=1S/C29H35ClN6O3/c1-39-26-9-5-23(6-10-26)28(38)35-11-2-12-36(18-17-35)29-31-25(19-27(37)32-29)21-34-15-13-33(14-16-34)20-22-3-7-24(30)8-4-22/h3-10,19H,2,11-18,20-21H2,1H3,(H,31,32,37). The molecule has 2 aliphatic rings. The Morgan fingerprint density at radius 2 is 1.59 bits per heavy atom. The lowest BCUT2D eigenvalue weighted by Gasteiger charge is -2.34. The lowest BCUT2D eigenvalue weighted by atomic mass is 10.2. The van der Waals surface area contributed by atoms with E-state index in [2.05, 4.69) is 31.8 Å². The fourth-order valence-corrected chi connectivity index (χ4v) is 5.28. The van der Waals surface area contributed by atoms with E-state index >= 15 is 0 Å². The summed E-state index contributed by atoms with van der Waals surface area (Å²) in [5.41, 5.74) is 2.53. The highest BCUT2D eigenvalue weighted by atomic mass is 35.5. The molecule has 2 aliphatic heterocycles.